The van der Waals surface area contributed by atoms with E-state index in [1.165, 1.54) is 6.92 Å². The highest BCUT2D eigenvalue weighted by Gasteiger charge is 2.28. The number of anilines is 1. The zero-order chi connectivity index (χ0) is 14.9. The van der Waals surface area contributed by atoms with E-state index in [0.29, 0.717) is 0 Å². The fourth-order valence-corrected chi connectivity index (χ4v) is 2.00. The summed E-state index contributed by atoms with van der Waals surface area (Å²) in [6.07, 6.45) is 2.50. The van der Waals surface area contributed by atoms with Gasteiger partial charge in [0.25, 0.3) is 5.56 Å². The van der Waals surface area contributed by atoms with E-state index < -0.39 is 17.3 Å². The van der Waals surface area contributed by atoms with E-state index in [1.54, 1.807) is 6.92 Å². The molecule has 1 saturated carbocycles. The number of nitrogens with two attached hydrogens (primary N) is 1. The Bertz CT molecular complexity index is 617. The second-order valence-corrected chi connectivity index (χ2v) is 4.77. The average Bonchev–Trinajstić information content (AvgIpc) is 2.35. The number of nitrogen functional groups attached to an aromatic ring is 1. The van der Waals surface area contributed by atoms with Crippen molar-refractivity contribution in [2.24, 2.45) is 0 Å². The summed E-state index contributed by atoms with van der Waals surface area (Å²) in [5.41, 5.74) is 4.52. The van der Waals surface area contributed by atoms with Crippen molar-refractivity contribution in [3.63, 3.8) is 0 Å². The molecule has 0 aliphatic heterocycles. The number of hydrogen-bond donors (Lipinski definition) is 1. The molecule has 1 heterocycles. The van der Waals surface area contributed by atoms with Crippen molar-refractivity contribution >= 4 is 17.4 Å². The lowest BCUT2D eigenvalue weighted by molar-refractivity contribution is 0.00793. The number of Topliss-reactive ketones (excluding diaryl/α,β-unsaturated/α-hetero) is 1. The molecule has 7 nitrogen and oxygen atoms in total. The monoisotopic (exact) mass is 279 g/mol. The average molecular weight is 279 g/mol. The molecule has 108 valence electrons. The molecular formula is C13H17N3O4. The van der Waals surface area contributed by atoms with Crippen molar-refractivity contribution in [1.29, 1.82) is 0 Å². The number of rotatable bonds is 4. The summed E-state index contributed by atoms with van der Waals surface area (Å²) in [6.45, 7) is 3.19. The Kier molecular flexibility index (Phi) is 3.87. The van der Waals surface area contributed by atoms with Crippen LogP contribution in [0.25, 0.3) is 0 Å². The van der Waals surface area contributed by atoms with E-state index in [0.717, 1.165) is 23.9 Å². The van der Waals surface area contributed by atoms with Gasteiger partial charge in [-0.1, -0.05) is 0 Å². The summed E-state index contributed by atoms with van der Waals surface area (Å²) in [6, 6.07) is 0. The van der Waals surface area contributed by atoms with Crippen LogP contribution in [0, 0.1) is 0 Å². The Morgan fingerprint density at radius 3 is 2.55 bits per heavy atom. The number of aryl methyl sites for hydroxylation is 1. The molecule has 0 amide bonds. The van der Waals surface area contributed by atoms with Crippen LogP contribution < -0.4 is 11.3 Å². The molecule has 1 aromatic heterocycles. The Balaban J connectivity index is 2.48. The molecule has 2 rings (SSSR count). The van der Waals surface area contributed by atoms with Gasteiger partial charge in [0.05, 0.1) is 5.56 Å². The fraction of sp³-hybridized carbons (Fsp3) is 0.538. The summed E-state index contributed by atoms with van der Waals surface area (Å²) in [7, 11) is 0. The first-order valence-corrected chi connectivity index (χ1v) is 6.58. The highest BCUT2D eigenvalue weighted by molar-refractivity contribution is 6.07. The van der Waals surface area contributed by atoms with Crippen molar-refractivity contribution in [1.82, 2.24) is 9.78 Å². The van der Waals surface area contributed by atoms with Gasteiger partial charge in [0, 0.05) is 6.54 Å². The first-order chi connectivity index (χ1) is 9.45. The molecular weight excluding hydrogens is 262 g/mol. The predicted octanol–water partition coefficient (Wildman–Crippen LogP) is 0.757. The molecule has 0 radical (unpaired) electrons. The van der Waals surface area contributed by atoms with Gasteiger partial charge in [-0.2, -0.15) is 5.10 Å². The number of carbonyl (C=O) groups excluding carboxylic acids is 2. The molecule has 2 N–H and O–H groups in total. The van der Waals surface area contributed by atoms with Crippen LogP contribution in [0.4, 0.5) is 5.69 Å². The number of aromatic nitrogens is 2. The first-order valence-electron chi connectivity index (χ1n) is 6.58. The van der Waals surface area contributed by atoms with E-state index in [9.17, 15) is 14.4 Å². The lowest BCUT2D eigenvalue weighted by Gasteiger charge is -2.25. The Morgan fingerprint density at radius 1 is 1.45 bits per heavy atom. The minimum atomic E-state index is -0.700. The summed E-state index contributed by atoms with van der Waals surface area (Å²) in [4.78, 5) is 35.6. The number of hydrogen-bond acceptors (Lipinski definition) is 6. The van der Waals surface area contributed by atoms with Crippen LogP contribution in [0.2, 0.25) is 0 Å². The highest BCUT2D eigenvalue weighted by Crippen LogP contribution is 2.24. The van der Waals surface area contributed by atoms with Gasteiger partial charge in [-0.15, -0.1) is 0 Å². The first kappa shape index (κ1) is 14.2. The van der Waals surface area contributed by atoms with Crippen LogP contribution in [0.15, 0.2) is 4.79 Å². The largest absolute Gasteiger partial charge is 0.458 e. The maximum atomic E-state index is 12.1. The van der Waals surface area contributed by atoms with E-state index in [4.69, 9.17) is 10.5 Å². The van der Waals surface area contributed by atoms with Gasteiger partial charge in [-0.3, -0.25) is 9.59 Å². The topological polar surface area (TPSA) is 104 Å². The van der Waals surface area contributed by atoms with Crippen LogP contribution in [0.3, 0.4) is 0 Å². The Labute approximate surface area is 115 Å². The molecule has 0 saturated heterocycles. The van der Waals surface area contributed by atoms with E-state index >= 15 is 0 Å². The summed E-state index contributed by atoms with van der Waals surface area (Å²) < 4.78 is 6.29. The molecule has 1 aliphatic rings. The Hall–Kier alpha value is -2.18. The van der Waals surface area contributed by atoms with Crippen molar-refractivity contribution in [3.8, 4) is 0 Å². The third-order valence-corrected chi connectivity index (χ3v) is 3.36. The highest BCUT2D eigenvalue weighted by atomic mass is 16.5. The molecule has 0 unspecified atom stereocenters. The maximum Gasteiger partial charge on any atom is 0.359 e. The SMILES string of the molecule is CCn1nc(C(=O)OC2CCC2)c(C(C)=O)c(N)c1=O. The van der Waals surface area contributed by atoms with Crippen molar-refractivity contribution < 1.29 is 14.3 Å². The van der Waals surface area contributed by atoms with Crippen LogP contribution in [0.1, 0.15) is 54.0 Å². The number of ketones is 1. The maximum absolute atomic E-state index is 12.1. The lowest BCUT2D eigenvalue weighted by Crippen LogP contribution is -2.33. The van der Waals surface area contributed by atoms with E-state index in [1.807, 2.05) is 0 Å². The normalized spacial score (nSPS) is 14.7. The molecule has 1 fully saturated rings. The fourth-order valence-electron chi connectivity index (χ4n) is 2.00. The molecule has 0 aromatic carbocycles. The minimum absolute atomic E-state index is 0.132. The molecule has 0 spiro atoms. The van der Waals surface area contributed by atoms with Crippen LogP contribution >= 0.6 is 0 Å². The molecule has 0 bridgehead atoms. The van der Waals surface area contributed by atoms with Gasteiger partial charge >= 0.3 is 5.97 Å². The van der Waals surface area contributed by atoms with Gasteiger partial charge in [-0.25, -0.2) is 9.48 Å². The van der Waals surface area contributed by atoms with E-state index in [-0.39, 0.29) is 29.6 Å². The second-order valence-electron chi connectivity index (χ2n) is 4.77. The second kappa shape index (κ2) is 5.44. The molecule has 20 heavy (non-hydrogen) atoms. The number of nitrogens with zero attached hydrogens (tertiary/aromatic N) is 2. The van der Waals surface area contributed by atoms with Crippen LogP contribution in [-0.2, 0) is 11.3 Å². The van der Waals surface area contributed by atoms with Gasteiger partial charge in [-0.05, 0) is 33.1 Å². The molecule has 0 atom stereocenters. The lowest BCUT2D eigenvalue weighted by atomic mass is 9.96. The van der Waals surface area contributed by atoms with Gasteiger partial charge in [0.1, 0.15) is 11.8 Å². The van der Waals surface area contributed by atoms with Gasteiger partial charge in [0.15, 0.2) is 11.5 Å². The van der Waals surface area contributed by atoms with Crippen molar-refractivity contribution in [2.45, 2.75) is 45.8 Å². The third kappa shape index (κ3) is 2.43. The summed E-state index contributed by atoms with van der Waals surface area (Å²) in [5.74, 6) is -1.18. The van der Waals surface area contributed by atoms with Crippen LogP contribution in [0.5, 0.6) is 0 Å². The zero-order valence-corrected chi connectivity index (χ0v) is 11.5. The standard InChI is InChI=1S/C13H17N3O4/c1-3-16-12(18)10(14)9(7(2)17)11(15-16)13(19)20-8-5-4-6-8/h8H,3-6,14H2,1-2H3. The zero-order valence-electron chi connectivity index (χ0n) is 11.5. The van der Waals surface area contributed by atoms with E-state index in [2.05, 4.69) is 5.10 Å². The number of ether oxygens (including phenoxy) is 1. The smallest absolute Gasteiger partial charge is 0.359 e. The predicted molar refractivity (Wildman–Crippen MR) is 71.6 cm³/mol. The van der Waals surface area contributed by atoms with Crippen molar-refractivity contribution in [2.75, 3.05) is 5.73 Å². The number of carbonyl (C=O) groups is 2. The summed E-state index contributed by atoms with van der Waals surface area (Å²) >= 11 is 0. The third-order valence-electron chi connectivity index (χ3n) is 3.36. The van der Waals surface area contributed by atoms with Crippen molar-refractivity contribution in [3.05, 3.63) is 21.6 Å². The number of esters is 1. The molecule has 7 heteroatoms. The summed E-state index contributed by atoms with van der Waals surface area (Å²) in [5, 5.41) is 3.91. The minimum Gasteiger partial charge on any atom is -0.458 e. The Morgan fingerprint density at radius 2 is 2.10 bits per heavy atom. The van der Waals surface area contributed by atoms with Crippen LogP contribution in [-0.4, -0.2) is 27.6 Å². The molecule has 1 aromatic rings. The quantitative estimate of drug-likeness (QED) is 0.644. The van der Waals surface area contributed by atoms with Gasteiger partial charge in [0.2, 0.25) is 0 Å². The molecule has 1 aliphatic carbocycles. The van der Waals surface area contributed by atoms with Gasteiger partial charge < -0.3 is 10.5 Å².